The summed E-state index contributed by atoms with van der Waals surface area (Å²) in [5, 5.41) is 8.60. The van der Waals surface area contributed by atoms with Gasteiger partial charge in [-0.05, 0) is 39.3 Å². The van der Waals surface area contributed by atoms with Crippen molar-refractivity contribution in [1.29, 1.82) is 0 Å². The third kappa shape index (κ3) is 6.02. The van der Waals surface area contributed by atoms with Crippen molar-refractivity contribution >= 4 is 0 Å². The van der Waals surface area contributed by atoms with Crippen LogP contribution >= 0.6 is 0 Å². The van der Waals surface area contributed by atoms with Gasteiger partial charge in [0.05, 0.1) is 0 Å². The first-order chi connectivity index (χ1) is 6.26. The van der Waals surface area contributed by atoms with E-state index in [1.807, 2.05) is 0 Å². The van der Waals surface area contributed by atoms with Gasteiger partial charge in [0.25, 0.3) is 0 Å². The molecule has 0 radical (unpaired) electrons. The summed E-state index contributed by atoms with van der Waals surface area (Å²) in [4.78, 5) is 2.32. The van der Waals surface area contributed by atoms with Gasteiger partial charge in [-0.3, -0.25) is 0 Å². The zero-order chi connectivity index (χ0) is 10.1. The molecule has 0 aromatic carbocycles. The first kappa shape index (κ1) is 12.9. The molecule has 13 heavy (non-hydrogen) atoms. The highest BCUT2D eigenvalue weighted by Crippen LogP contribution is 2.03. The summed E-state index contributed by atoms with van der Waals surface area (Å²) in [5.74, 6) is 0. The number of aliphatic hydroxyl groups is 1. The normalized spacial score (nSPS) is 13.6. The quantitative estimate of drug-likeness (QED) is 0.554. The maximum atomic E-state index is 8.60. The summed E-state index contributed by atoms with van der Waals surface area (Å²) in [6, 6.07) is 0.522. The molecule has 0 aliphatic heterocycles. The van der Waals surface area contributed by atoms with E-state index in [-0.39, 0.29) is 0 Å². The van der Waals surface area contributed by atoms with Crippen LogP contribution in [0.15, 0.2) is 0 Å². The van der Waals surface area contributed by atoms with Gasteiger partial charge >= 0.3 is 0 Å². The molecule has 1 atom stereocenters. The fourth-order valence-corrected chi connectivity index (χ4v) is 1.49. The molecular weight excluding hydrogens is 164 g/mol. The lowest BCUT2D eigenvalue weighted by molar-refractivity contribution is 0.229. The fraction of sp³-hybridized carbons (Fsp3) is 1.00. The summed E-state index contributed by atoms with van der Waals surface area (Å²) in [7, 11) is 2.12. The van der Waals surface area contributed by atoms with E-state index in [9.17, 15) is 0 Å². The van der Waals surface area contributed by atoms with Gasteiger partial charge in [0.1, 0.15) is 0 Å². The number of hydrogen-bond acceptors (Lipinski definition) is 3. The van der Waals surface area contributed by atoms with Crippen LogP contribution in [0.5, 0.6) is 0 Å². The molecule has 0 aromatic rings. The highest BCUT2D eigenvalue weighted by atomic mass is 16.2. The van der Waals surface area contributed by atoms with Crippen molar-refractivity contribution in [3.63, 3.8) is 0 Å². The second-order valence-electron chi connectivity index (χ2n) is 3.56. The van der Waals surface area contributed by atoms with Crippen LogP contribution in [0.25, 0.3) is 0 Å². The molecule has 0 rings (SSSR count). The van der Waals surface area contributed by atoms with Crippen LogP contribution in [0.2, 0.25) is 0 Å². The topological polar surface area (TPSA) is 49.5 Å². The smallest absolute Gasteiger partial charge is 0.0431 e. The van der Waals surface area contributed by atoms with Crippen molar-refractivity contribution in [3.05, 3.63) is 0 Å². The van der Waals surface area contributed by atoms with Gasteiger partial charge in [-0.15, -0.1) is 0 Å². The summed E-state index contributed by atoms with van der Waals surface area (Å²) >= 11 is 0. The van der Waals surface area contributed by atoms with Crippen LogP contribution in [-0.4, -0.2) is 42.8 Å². The molecule has 0 amide bonds. The van der Waals surface area contributed by atoms with E-state index in [0.29, 0.717) is 12.6 Å². The van der Waals surface area contributed by atoms with Gasteiger partial charge in [-0.25, -0.2) is 0 Å². The van der Waals surface area contributed by atoms with Crippen molar-refractivity contribution in [2.24, 2.45) is 5.73 Å². The van der Waals surface area contributed by atoms with Gasteiger partial charge in [0.2, 0.25) is 0 Å². The number of hydrogen-bond donors (Lipinski definition) is 2. The van der Waals surface area contributed by atoms with Crippen LogP contribution in [0.1, 0.15) is 32.6 Å². The molecule has 0 saturated carbocycles. The summed E-state index contributed by atoms with van der Waals surface area (Å²) in [6.45, 7) is 4.32. The number of aliphatic hydroxyl groups excluding tert-OH is 1. The van der Waals surface area contributed by atoms with Crippen molar-refractivity contribution in [2.75, 3.05) is 26.7 Å². The molecule has 0 spiro atoms. The molecule has 3 N–H and O–H groups in total. The number of nitrogens with zero attached hydrogens (tertiary/aromatic N) is 1. The summed E-state index contributed by atoms with van der Waals surface area (Å²) in [5.41, 5.74) is 5.63. The molecule has 1 unspecified atom stereocenters. The molecule has 0 aromatic heterocycles. The maximum Gasteiger partial charge on any atom is 0.0431 e. The van der Waals surface area contributed by atoms with E-state index < -0.39 is 0 Å². The van der Waals surface area contributed by atoms with Crippen molar-refractivity contribution in [3.8, 4) is 0 Å². The molecule has 0 saturated heterocycles. The minimum absolute atomic E-state index is 0.317. The zero-order valence-electron chi connectivity index (χ0n) is 9.00. The summed E-state index contributed by atoms with van der Waals surface area (Å²) in [6.07, 6.45) is 4.32. The Morgan fingerprint density at radius 3 is 2.46 bits per heavy atom. The predicted octanol–water partition coefficient (Wildman–Crippen LogP) is 0.818. The Morgan fingerprint density at radius 1 is 1.31 bits per heavy atom. The van der Waals surface area contributed by atoms with E-state index in [1.165, 1.54) is 0 Å². The standard InChI is InChI=1S/C10H24N2O/c1-3-10(9-11)12(2)7-5-4-6-8-13/h10,13H,3-9,11H2,1-2H3. The van der Waals surface area contributed by atoms with Gasteiger partial charge in [0, 0.05) is 19.2 Å². The maximum absolute atomic E-state index is 8.60. The Morgan fingerprint density at radius 2 is 2.00 bits per heavy atom. The second kappa shape index (κ2) is 8.48. The Hall–Kier alpha value is -0.120. The molecule has 0 aliphatic rings. The lowest BCUT2D eigenvalue weighted by atomic mass is 10.1. The number of rotatable bonds is 8. The largest absolute Gasteiger partial charge is 0.396 e. The van der Waals surface area contributed by atoms with Crippen LogP contribution in [-0.2, 0) is 0 Å². The lowest BCUT2D eigenvalue weighted by Gasteiger charge is -2.25. The Labute approximate surface area is 81.9 Å². The molecule has 80 valence electrons. The highest BCUT2D eigenvalue weighted by molar-refractivity contribution is 4.67. The second-order valence-corrected chi connectivity index (χ2v) is 3.56. The van der Waals surface area contributed by atoms with E-state index >= 15 is 0 Å². The Kier molecular flexibility index (Phi) is 8.40. The minimum atomic E-state index is 0.317. The number of unbranched alkanes of at least 4 members (excludes halogenated alkanes) is 2. The molecule has 0 fully saturated rings. The van der Waals surface area contributed by atoms with Gasteiger partial charge in [0.15, 0.2) is 0 Å². The van der Waals surface area contributed by atoms with E-state index in [2.05, 4.69) is 18.9 Å². The molecule has 3 nitrogen and oxygen atoms in total. The van der Waals surface area contributed by atoms with Crippen LogP contribution in [0, 0.1) is 0 Å². The van der Waals surface area contributed by atoms with Crippen LogP contribution in [0.4, 0.5) is 0 Å². The van der Waals surface area contributed by atoms with Gasteiger partial charge < -0.3 is 15.7 Å². The van der Waals surface area contributed by atoms with Crippen molar-refractivity contribution in [2.45, 2.75) is 38.6 Å². The third-order valence-corrected chi connectivity index (χ3v) is 2.54. The first-order valence-electron chi connectivity index (χ1n) is 5.27. The van der Waals surface area contributed by atoms with Crippen molar-refractivity contribution in [1.82, 2.24) is 4.90 Å². The van der Waals surface area contributed by atoms with Gasteiger partial charge in [-0.1, -0.05) is 6.92 Å². The first-order valence-corrected chi connectivity index (χ1v) is 5.27. The Bertz CT molecular complexity index is 105. The van der Waals surface area contributed by atoms with Gasteiger partial charge in [-0.2, -0.15) is 0 Å². The highest BCUT2D eigenvalue weighted by Gasteiger charge is 2.08. The average Bonchev–Trinajstić information content (AvgIpc) is 2.14. The van der Waals surface area contributed by atoms with E-state index in [4.69, 9.17) is 10.8 Å². The molecule has 0 heterocycles. The summed E-state index contributed by atoms with van der Waals surface area (Å²) < 4.78 is 0. The Balaban J connectivity index is 3.42. The number of likely N-dealkylation sites (N-methyl/N-ethyl adjacent to an activating group) is 1. The van der Waals surface area contributed by atoms with Crippen molar-refractivity contribution < 1.29 is 5.11 Å². The van der Waals surface area contributed by atoms with Crippen LogP contribution in [0.3, 0.4) is 0 Å². The molecule has 3 heteroatoms. The zero-order valence-corrected chi connectivity index (χ0v) is 9.00. The van der Waals surface area contributed by atoms with E-state index in [0.717, 1.165) is 38.8 Å². The number of nitrogens with two attached hydrogens (primary N) is 1. The monoisotopic (exact) mass is 188 g/mol. The van der Waals surface area contributed by atoms with Crippen LogP contribution < -0.4 is 5.73 Å². The SMILES string of the molecule is CCC(CN)N(C)CCCCCO. The lowest BCUT2D eigenvalue weighted by Crippen LogP contribution is -2.37. The molecule has 0 aliphatic carbocycles. The minimum Gasteiger partial charge on any atom is -0.396 e. The van der Waals surface area contributed by atoms with E-state index in [1.54, 1.807) is 0 Å². The average molecular weight is 188 g/mol. The molecule has 0 bridgehead atoms. The predicted molar refractivity (Wildman–Crippen MR) is 56.7 cm³/mol. The fourth-order valence-electron chi connectivity index (χ4n) is 1.49. The third-order valence-electron chi connectivity index (χ3n) is 2.54. The molecular formula is C10H24N2O.